The minimum absolute atomic E-state index is 0.00560. The van der Waals surface area contributed by atoms with E-state index < -0.39 is 28.5 Å². The van der Waals surface area contributed by atoms with Crippen LogP contribution in [0.2, 0.25) is 0 Å². The molecule has 10 heteroatoms. The van der Waals surface area contributed by atoms with Crippen molar-refractivity contribution in [1.29, 1.82) is 0 Å². The van der Waals surface area contributed by atoms with Crippen molar-refractivity contribution in [2.45, 2.75) is 25.9 Å². The van der Waals surface area contributed by atoms with Gasteiger partial charge in [0.15, 0.2) is 11.6 Å². The number of aromatic nitrogens is 1. The minimum atomic E-state index is -1.41. The van der Waals surface area contributed by atoms with E-state index in [0.717, 1.165) is 0 Å². The van der Waals surface area contributed by atoms with Gasteiger partial charge in [0.2, 0.25) is 5.43 Å². The van der Waals surface area contributed by atoms with Gasteiger partial charge in [0, 0.05) is 6.20 Å². The van der Waals surface area contributed by atoms with Gasteiger partial charge in [-0.2, -0.15) is 0 Å². The van der Waals surface area contributed by atoms with Crippen molar-refractivity contribution in [2.24, 2.45) is 0 Å². The van der Waals surface area contributed by atoms with E-state index in [0.29, 0.717) is 11.5 Å². The van der Waals surface area contributed by atoms with Crippen molar-refractivity contribution >= 4 is 28.2 Å². The first-order chi connectivity index (χ1) is 15.7. The predicted molar refractivity (Wildman–Crippen MR) is 121 cm³/mol. The molecule has 0 fully saturated rings. The van der Waals surface area contributed by atoms with Gasteiger partial charge in [-0.15, -0.1) is 0 Å². The van der Waals surface area contributed by atoms with E-state index >= 15 is 4.39 Å². The SMILES string of the molecule is COc1ccc(OCC(C)Nc2c(F)c(N)c3c(=O)c(C(=O)O)cn4c3c2OC[C@@H]4C)cc1. The lowest BCUT2D eigenvalue weighted by atomic mass is 10.0. The number of carboxylic acid groups (broad SMARTS) is 1. The standard InChI is InChI=1S/C23H24FN3O6/c1-11(9-32-14-6-4-13(31-3)5-7-14)26-19-17(24)18(25)16-20-22(19)33-10-12(2)27(20)8-15(21(16)28)23(29)30/h4-8,11-12,26H,9-10,25H2,1-3H3,(H,29,30)/t11?,12-/m0/s1. The quantitative estimate of drug-likeness (QED) is 0.462. The topological polar surface area (TPSA) is 125 Å². The zero-order valence-corrected chi connectivity index (χ0v) is 18.3. The van der Waals surface area contributed by atoms with E-state index in [2.05, 4.69) is 5.32 Å². The third-order valence-corrected chi connectivity index (χ3v) is 5.53. The molecule has 0 aliphatic carbocycles. The van der Waals surface area contributed by atoms with E-state index in [1.54, 1.807) is 49.8 Å². The molecule has 0 saturated carbocycles. The summed E-state index contributed by atoms with van der Waals surface area (Å²) in [5, 5.41) is 12.2. The Morgan fingerprint density at radius 3 is 2.67 bits per heavy atom. The summed E-state index contributed by atoms with van der Waals surface area (Å²) < 4.78 is 33.6. The summed E-state index contributed by atoms with van der Waals surface area (Å²) in [5.74, 6) is -0.860. The van der Waals surface area contributed by atoms with Crippen LogP contribution in [-0.4, -0.2) is 42.0 Å². The Morgan fingerprint density at radius 1 is 1.36 bits per heavy atom. The van der Waals surface area contributed by atoms with Crippen LogP contribution >= 0.6 is 0 Å². The summed E-state index contributed by atoms with van der Waals surface area (Å²) in [5.41, 5.74) is 4.49. The molecule has 1 aliphatic heterocycles. The Labute approximate surface area is 188 Å². The molecule has 0 radical (unpaired) electrons. The van der Waals surface area contributed by atoms with Crippen LogP contribution in [0.1, 0.15) is 30.2 Å². The molecule has 174 valence electrons. The number of nitrogen functional groups attached to an aromatic ring is 1. The first-order valence-corrected chi connectivity index (χ1v) is 10.3. The van der Waals surface area contributed by atoms with Crippen molar-refractivity contribution in [3.8, 4) is 17.2 Å². The van der Waals surface area contributed by atoms with E-state index in [-0.39, 0.29) is 47.6 Å². The number of rotatable bonds is 7. The van der Waals surface area contributed by atoms with Crippen LogP contribution in [0.25, 0.3) is 10.9 Å². The van der Waals surface area contributed by atoms with Crippen molar-refractivity contribution < 1.29 is 28.5 Å². The Balaban J connectivity index is 1.71. The number of halogens is 1. The van der Waals surface area contributed by atoms with Crippen molar-refractivity contribution in [2.75, 3.05) is 31.4 Å². The molecule has 33 heavy (non-hydrogen) atoms. The summed E-state index contributed by atoms with van der Waals surface area (Å²) in [7, 11) is 1.57. The van der Waals surface area contributed by atoms with Gasteiger partial charge in [0.25, 0.3) is 0 Å². The minimum Gasteiger partial charge on any atom is -0.497 e. The van der Waals surface area contributed by atoms with Crippen LogP contribution in [0.15, 0.2) is 35.3 Å². The Morgan fingerprint density at radius 2 is 2.03 bits per heavy atom. The van der Waals surface area contributed by atoms with Crippen LogP contribution in [0, 0.1) is 5.82 Å². The fourth-order valence-corrected chi connectivity index (χ4v) is 3.81. The highest BCUT2D eigenvalue weighted by atomic mass is 19.1. The largest absolute Gasteiger partial charge is 0.497 e. The van der Waals surface area contributed by atoms with Gasteiger partial charge >= 0.3 is 5.97 Å². The second kappa shape index (κ2) is 8.53. The van der Waals surface area contributed by atoms with Gasteiger partial charge in [-0.25, -0.2) is 9.18 Å². The van der Waals surface area contributed by atoms with Gasteiger partial charge in [0.05, 0.1) is 35.8 Å². The number of hydrogen-bond acceptors (Lipinski definition) is 7. The third-order valence-electron chi connectivity index (χ3n) is 5.53. The number of nitrogens with zero attached hydrogens (tertiary/aromatic N) is 1. The van der Waals surface area contributed by atoms with Crippen LogP contribution in [-0.2, 0) is 0 Å². The monoisotopic (exact) mass is 457 g/mol. The lowest BCUT2D eigenvalue weighted by Crippen LogP contribution is -2.30. The average Bonchev–Trinajstić information content (AvgIpc) is 2.80. The Bertz CT molecular complexity index is 1290. The zero-order valence-electron chi connectivity index (χ0n) is 18.3. The number of anilines is 2. The molecular weight excluding hydrogens is 433 g/mol. The number of nitrogens with one attached hydrogen (secondary N) is 1. The van der Waals surface area contributed by atoms with Crippen molar-refractivity contribution in [3.63, 3.8) is 0 Å². The van der Waals surface area contributed by atoms with Gasteiger partial charge in [0.1, 0.15) is 36.0 Å². The summed E-state index contributed by atoms with van der Waals surface area (Å²) in [6.07, 6.45) is 1.25. The predicted octanol–water partition coefficient (Wildman–Crippen LogP) is 3.26. The second-order valence-corrected chi connectivity index (χ2v) is 7.93. The van der Waals surface area contributed by atoms with Gasteiger partial charge in [-0.1, -0.05) is 0 Å². The molecule has 2 atom stereocenters. The van der Waals surface area contributed by atoms with Gasteiger partial charge in [-0.05, 0) is 38.1 Å². The molecule has 9 nitrogen and oxygen atoms in total. The molecule has 0 spiro atoms. The van der Waals surface area contributed by atoms with Crippen LogP contribution in [0.3, 0.4) is 0 Å². The molecule has 4 rings (SSSR count). The smallest absolute Gasteiger partial charge is 0.341 e. The molecule has 3 aromatic rings. The van der Waals surface area contributed by atoms with Gasteiger partial charge < -0.3 is 34.9 Å². The van der Waals surface area contributed by atoms with Gasteiger partial charge in [-0.3, -0.25) is 4.79 Å². The molecule has 1 aromatic heterocycles. The third kappa shape index (κ3) is 3.88. The summed E-state index contributed by atoms with van der Waals surface area (Å²) in [4.78, 5) is 24.4. The number of hydrogen-bond donors (Lipinski definition) is 3. The molecule has 4 N–H and O–H groups in total. The molecule has 0 amide bonds. The lowest BCUT2D eigenvalue weighted by Gasteiger charge is -2.30. The second-order valence-electron chi connectivity index (χ2n) is 7.93. The fourth-order valence-electron chi connectivity index (χ4n) is 3.81. The fraction of sp³-hybridized carbons (Fsp3) is 0.304. The molecule has 2 heterocycles. The number of methoxy groups -OCH3 is 1. The molecule has 0 bridgehead atoms. The number of carbonyl (C=O) groups is 1. The summed E-state index contributed by atoms with van der Waals surface area (Å²) >= 11 is 0. The van der Waals surface area contributed by atoms with Crippen molar-refractivity contribution in [1.82, 2.24) is 4.57 Å². The van der Waals surface area contributed by atoms with Crippen LogP contribution in [0.4, 0.5) is 15.8 Å². The van der Waals surface area contributed by atoms with E-state index in [4.69, 9.17) is 19.9 Å². The number of nitrogens with two attached hydrogens (primary N) is 1. The highest BCUT2D eigenvalue weighted by molar-refractivity contribution is 6.03. The van der Waals surface area contributed by atoms with Crippen molar-refractivity contribution in [3.05, 3.63) is 52.1 Å². The number of aromatic carboxylic acids is 1. The summed E-state index contributed by atoms with van der Waals surface area (Å²) in [6, 6.07) is 6.39. The van der Waals surface area contributed by atoms with E-state index in [1.165, 1.54) is 6.20 Å². The summed E-state index contributed by atoms with van der Waals surface area (Å²) in [6.45, 7) is 3.96. The number of ether oxygens (including phenoxy) is 3. The Hall–Kier alpha value is -3.95. The lowest BCUT2D eigenvalue weighted by molar-refractivity contribution is 0.0694. The maximum atomic E-state index is 15.3. The maximum absolute atomic E-state index is 15.3. The highest BCUT2D eigenvalue weighted by Crippen LogP contribution is 2.43. The normalized spacial score (nSPS) is 15.6. The van der Waals surface area contributed by atoms with Crippen LogP contribution in [0.5, 0.6) is 17.2 Å². The number of benzene rings is 2. The molecule has 0 saturated heterocycles. The number of carboxylic acids is 1. The highest BCUT2D eigenvalue weighted by Gasteiger charge is 2.31. The van der Waals surface area contributed by atoms with Crippen LogP contribution < -0.4 is 30.7 Å². The first kappa shape index (κ1) is 22.3. The average molecular weight is 457 g/mol. The molecule has 2 aromatic carbocycles. The first-order valence-electron chi connectivity index (χ1n) is 10.3. The van der Waals surface area contributed by atoms with E-state index in [9.17, 15) is 14.7 Å². The van der Waals surface area contributed by atoms with E-state index in [1.807, 2.05) is 0 Å². The molecular formula is C23H24FN3O6. The number of pyridine rings is 1. The Kier molecular flexibility index (Phi) is 5.75. The maximum Gasteiger partial charge on any atom is 0.341 e. The molecule has 1 unspecified atom stereocenters. The zero-order chi connectivity index (χ0) is 23.9. The molecule has 1 aliphatic rings.